The summed E-state index contributed by atoms with van der Waals surface area (Å²) in [5.41, 5.74) is 0. The third kappa shape index (κ3) is 3.30. The summed E-state index contributed by atoms with van der Waals surface area (Å²) in [5.74, 6) is -0.854. The fourth-order valence-electron chi connectivity index (χ4n) is 2.64. The minimum absolute atomic E-state index is 0.0163. The van der Waals surface area contributed by atoms with Crippen molar-refractivity contribution in [2.75, 3.05) is 19.7 Å². The van der Waals surface area contributed by atoms with Crippen LogP contribution in [0.2, 0.25) is 0 Å². The van der Waals surface area contributed by atoms with Crippen molar-refractivity contribution in [2.45, 2.75) is 44.0 Å². The van der Waals surface area contributed by atoms with E-state index in [0.717, 1.165) is 25.9 Å². The van der Waals surface area contributed by atoms with Crippen molar-refractivity contribution >= 4 is 17.5 Å². The highest BCUT2D eigenvalue weighted by Gasteiger charge is 2.41. The van der Waals surface area contributed by atoms with Crippen molar-refractivity contribution < 1.29 is 14.3 Å². The summed E-state index contributed by atoms with van der Waals surface area (Å²) >= 11 is 6.35. The third-order valence-corrected chi connectivity index (χ3v) is 4.20. The topological polar surface area (TPSA) is 38.8 Å². The van der Waals surface area contributed by atoms with Gasteiger partial charge in [-0.2, -0.15) is 0 Å². The molecule has 0 bridgehead atoms. The molecular formula is C14H22ClNO3. The van der Waals surface area contributed by atoms with E-state index in [4.69, 9.17) is 21.1 Å². The predicted molar refractivity (Wildman–Crippen MR) is 74.0 cm³/mol. The van der Waals surface area contributed by atoms with E-state index < -0.39 is 11.2 Å². The molecule has 0 unspecified atom stereocenters. The van der Waals surface area contributed by atoms with Gasteiger partial charge in [0.2, 0.25) is 5.91 Å². The molecular weight excluding hydrogens is 266 g/mol. The van der Waals surface area contributed by atoms with E-state index in [-0.39, 0.29) is 17.9 Å². The molecule has 2 aliphatic rings. The lowest BCUT2D eigenvalue weighted by molar-refractivity contribution is -0.145. The molecule has 2 heterocycles. The molecule has 3 atom stereocenters. The van der Waals surface area contributed by atoms with E-state index in [0.29, 0.717) is 6.61 Å². The molecule has 2 aliphatic heterocycles. The van der Waals surface area contributed by atoms with Crippen molar-refractivity contribution in [2.24, 2.45) is 5.92 Å². The Bertz CT molecular complexity index is 353. The first-order valence-electron chi connectivity index (χ1n) is 6.82. The number of rotatable bonds is 4. The van der Waals surface area contributed by atoms with Gasteiger partial charge in [0.1, 0.15) is 5.38 Å². The average Bonchev–Trinajstić information content (AvgIpc) is 2.98. The van der Waals surface area contributed by atoms with Gasteiger partial charge in [-0.05, 0) is 26.7 Å². The molecule has 0 aliphatic carbocycles. The van der Waals surface area contributed by atoms with Crippen LogP contribution in [0.3, 0.4) is 0 Å². The zero-order valence-electron chi connectivity index (χ0n) is 11.6. The zero-order valence-corrected chi connectivity index (χ0v) is 12.4. The smallest absolute Gasteiger partial charge is 0.241 e. The molecule has 2 saturated heterocycles. The van der Waals surface area contributed by atoms with Gasteiger partial charge in [-0.3, -0.25) is 4.79 Å². The van der Waals surface area contributed by atoms with Crippen LogP contribution in [0.25, 0.3) is 0 Å². The minimum atomic E-state index is -0.627. The summed E-state index contributed by atoms with van der Waals surface area (Å²) in [7, 11) is 0. The Labute approximate surface area is 119 Å². The van der Waals surface area contributed by atoms with Crippen LogP contribution in [0, 0.1) is 5.92 Å². The van der Waals surface area contributed by atoms with Gasteiger partial charge in [-0.1, -0.05) is 6.08 Å². The molecule has 19 heavy (non-hydrogen) atoms. The molecule has 5 heteroatoms. The molecule has 1 amide bonds. The monoisotopic (exact) mass is 287 g/mol. The molecule has 4 nitrogen and oxygen atoms in total. The Hall–Kier alpha value is -0.580. The number of alkyl halides is 1. The van der Waals surface area contributed by atoms with Crippen molar-refractivity contribution in [3.63, 3.8) is 0 Å². The van der Waals surface area contributed by atoms with E-state index >= 15 is 0 Å². The molecule has 2 rings (SSSR count). The number of ether oxygens (including phenoxy) is 2. The van der Waals surface area contributed by atoms with Crippen LogP contribution >= 0.6 is 11.6 Å². The van der Waals surface area contributed by atoms with E-state index in [2.05, 4.69) is 6.58 Å². The Morgan fingerprint density at radius 1 is 1.47 bits per heavy atom. The highest BCUT2D eigenvalue weighted by Crippen LogP contribution is 2.31. The lowest BCUT2D eigenvalue weighted by Gasteiger charge is -2.27. The standard InChI is InChI=1S/C14H22ClNO3/c1-4-10(11-9-18-14(2,3)19-11)12(15)13(17)16-7-5-6-8-16/h4,10-12H,1,5-9H2,2-3H3/t10-,11+,12-/m0/s1. The Kier molecular flexibility index (Phi) is 4.54. The summed E-state index contributed by atoms with van der Waals surface area (Å²) in [4.78, 5) is 14.1. The van der Waals surface area contributed by atoms with Crippen molar-refractivity contribution in [3.05, 3.63) is 12.7 Å². The summed E-state index contributed by atoms with van der Waals surface area (Å²) in [6, 6.07) is 0. The summed E-state index contributed by atoms with van der Waals surface area (Å²) in [6.07, 6.45) is 3.62. The zero-order chi connectivity index (χ0) is 14.0. The maximum absolute atomic E-state index is 12.3. The number of amides is 1. The maximum atomic E-state index is 12.3. The number of nitrogens with zero attached hydrogens (tertiary/aromatic N) is 1. The fourth-order valence-corrected chi connectivity index (χ4v) is 3.04. The molecule has 0 radical (unpaired) electrons. The van der Waals surface area contributed by atoms with Crippen LogP contribution in [-0.2, 0) is 14.3 Å². The van der Waals surface area contributed by atoms with E-state index in [1.165, 1.54) is 0 Å². The van der Waals surface area contributed by atoms with Gasteiger partial charge in [0.05, 0.1) is 12.7 Å². The largest absolute Gasteiger partial charge is 0.348 e. The number of hydrogen-bond donors (Lipinski definition) is 0. The van der Waals surface area contributed by atoms with Crippen LogP contribution in [0.1, 0.15) is 26.7 Å². The van der Waals surface area contributed by atoms with Crippen LogP contribution < -0.4 is 0 Å². The number of carbonyl (C=O) groups is 1. The molecule has 0 saturated carbocycles. The Balaban J connectivity index is 2.00. The van der Waals surface area contributed by atoms with Gasteiger partial charge in [0, 0.05) is 19.0 Å². The van der Waals surface area contributed by atoms with Crippen LogP contribution in [0.5, 0.6) is 0 Å². The summed E-state index contributed by atoms with van der Waals surface area (Å²) in [6.45, 7) is 9.57. The fraction of sp³-hybridized carbons (Fsp3) is 0.786. The molecule has 2 fully saturated rings. The predicted octanol–water partition coefficient (Wildman–Crippen LogP) is 2.17. The van der Waals surface area contributed by atoms with Crippen molar-refractivity contribution in [1.82, 2.24) is 4.90 Å². The first kappa shape index (κ1) is 14.8. The highest BCUT2D eigenvalue weighted by atomic mass is 35.5. The van der Waals surface area contributed by atoms with Gasteiger partial charge in [-0.15, -0.1) is 18.2 Å². The second kappa shape index (κ2) is 5.81. The van der Waals surface area contributed by atoms with Crippen LogP contribution in [-0.4, -0.2) is 47.8 Å². The van der Waals surface area contributed by atoms with Crippen LogP contribution in [0.4, 0.5) is 0 Å². The molecule has 108 valence electrons. The van der Waals surface area contributed by atoms with Gasteiger partial charge in [0.25, 0.3) is 0 Å². The van der Waals surface area contributed by atoms with Crippen molar-refractivity contribution in [1.29, 1.82) is 0 Å². The van der Waals surface area contributed by atoms with Gasteiger partial charge in [0.15, 0.2) is 5.79 Å². The second-order valence-electron chi connectivity index (χ2n) is 5.61. The molecule has 0 spiro atoms. The van der Waals surface area contributed by atoms with Gasteiger partial charge >= 0.3 is 0 Å². The molecule has 0 aromatic heterocycles. The quantitative estimate of drug-likeness (QED) is 0.588. The van der Waals surface area contributed by atoms with Crippen LogP contribution in [0.15, 0.2) is 12.7 Å². The lowest BCUT2D eigenvalue weighted by Crippen LogP contribution is -2.42. The number of likely N-dealkylation sites (tertiary alicyclic amines) is 1. The van der Waals surface area contributed by atoms with E-state index in [1.54, 1.807) is 6.08 Å². The first-order chi connectivity index (χ1) is 8.94. The van der Waals surface area contributed by atoms with E-state index in [1.807, 2.05) is 18.7 Å². The van der Waals surface area contributed by atoms with E-state index in [9.17, 15) is 4.79 Å². The normalized spacial score (nSPS) is 29.2. The SMILES string of the molecule is C=C[C@H]([C@H](Cl)C(=O)N1CCCC1)[C@H]1COC(C)(C)O1. The molecule has 0 aromatic carbocycles. The van der Waals surface area contributed by atoms with Gasteiger partial charge in [-0.25, -0.2) is 0 Å². The molecule has 0 aromatic rings. The number of halogens is 1. The summed E-state index contributed by atoms with van der Waals surface area (Å²) < 4.78 is 11.3. The van der Waals surface area contributed by atoms with Crippen molar-refractivity contribution in [3.8, 4) is 0 Å². The number of hydrogen-bond acceptors (Lipinski definition) is 3. The third-order valence-electron chi connectivity index (χ3n) is 3.72. The molecule has 0 N–H and O–H groups in total. The number of carbonyl (C=O) groups excluding carboxylic acids is 1. The summed E-state index contributed by atoms with van der Waals surface area (Å²) in [5, 5.41) is -0.627. The minimum Gasteiger partial charge on any atom is -0.348 e. The second-order valence-corrected chi connectivity index (χ2v) is 6.08. The maximum Gasteiger partial charge on any atom is 0.241 e. The first-order valence-corrected chi connectivity index (χ1v) is 7.25. The highest BCUT2D eigenvalue weighted by molar-refractivity contribution is 6.31. The Morgan fingerprint density at radius 3 is 2.58 bits per heavy atom. The Morgan fingerprint density at radius 2 is 2.11 bits per heavy atom. The average molecular weight is 288 g/mol. The lowest BCUT2D eigenvalue weighted by atomic mass is 9.97. The van der Waals surface area contributed by atoms with Gasteiger partial charge < -0.3 is 14.4 Å².